The van der Waals surface area contributed by atoms with Gasteiger partial charge in [-0.1, -0.05) is 53.0 Å². The zero-order chi connectivity index (χ0) is 20.3. The minimum atomic E-state index is -0.237. The van der Waals surface area contributed by atoms with E-state index >= 15 is 0 Å². The van der Waals surface area contributed by atoms with Crippen LogP contribution in [0.25, 0.3) is 16.9 Å². The van der Waals surface area contributed by atoms with Gasteiger partial charge in [-0.3, -0.25) is 4.79 Å². The first-order chi connectivity index (χ1) is 13.4. The van der Waals surface area contributed by atoms with Crippen LogP contribution in [0.4, 0.5) is 0 Å². The van der Waals surface area contributed by atoms with Crippen LogP contribution >= 0.6 is 34.8 Å². The minimum Gasteiger partial charge on any atom is -0.349 e. The van der Waals surface area contributed by atoms with Crippen molar-refractivity contribution in [2.24, 2.45) is 0 Å². The molecule has 1 aromatic heterocycles. The Labute approximate surface area is 178 Å². The Hall–Kier alpha value is -2.05. The maximum Gasteiger partial charge on any atom is 0.270 e. The molecule has 5 nitrogen and oxygen atoms in total. The standard InChI is InChI=1S/C20H19Cl3N4O/c1-26(2)10-9-24-20(28)19-12-18(14-5-3-4-6-15(14)21)25-27(19)13-7-8-16(22)17(23)11-13/h3-8,11-12H,9-10H2,1-2H3,(H,24,28). The maximum atomic E-state index is 12.8. The number of amides is 1. The summed E-state index contributed by atoms with van der Waals surface area (Å²) in [6, 6.07) is 14.2. The molecule has 0 atom stereocenters. The summed E-state index contributed by atoms with van der Waals surface area (Å²) in [5.74, 6) is -0.237. The first-order valence-corrected chi connectivity index (χ1v) is 9.73. The number of hydrogen-bond acceptors (Lipinski definition) is 3. The second kappa shape index (κ2) is 8.97. The fourth-order valence-corrected chi connectivity index (χ4v) is 3.17. The number of nitrogens with zero attached hydrogens (tertiary/aromatic N) is 3. The predicted octanol–water partition coefficient (Wildman–Crippen LogP) is 4.79. The van der Waals surface area contributed by atoms with Gasteiger partial charge < -0.3 is 10.2 Å². The van der Waals surface area contributed by atoms with Gasteiger partial charge in [0, 0.05) is 18.7 Å². The molecule has 1 amide bonds. The molecule has 0 aliphatic carbocycles. The molecule has 1 heterocycles. The van der Waals surface area contributed by atoms with Crippen molar-refractivity contribution in [1.82, 2.24) is 20.0 Å². The van der Waals surface area contributed by atoms with Crippen molar-refractivity contribution < 1.29 is 4.79 Å². The van der Waals surface area contributed by atoms with Crippen LogP contribution in [0.15, 0.2) is 48.5 Å². The van der Waals surface area contributed by atoms with E-state index < -0.39 is 0 Å². The highest BCUT2D eigenvalue weighted by Gasteiger charge is 2.19. The molecule has 0 aliphatic heterocycles. The molecule has 0 bridgehead atoms. The molecule has 0 saturated carbocycles. The first kappa shape index (κ1) is 20.7. The van der Waals surface area contributed by atoms with Crippen LogP contribution in [-0.4, -0.2) is 47.8 Å². The van der Waals surface area contributed by atoms with Gasteiger partial charge in [0.05, 0.1) is 26.4 Å². The number of halogens is 3. The van der Waals surface area contributed by atoms with E-state index in [0.29, 0.717) is 38.7 Å². The summed E-state index contributed by atoms with van der Waals surface area (Å²) in [7, 11) is 3.89. The van der Waals surface area contributed by atoms with Crippen LogP contribution < -0.4 is 5.32 Å². The monoisotopic (exact) mass is 436 g/mol. The normalized spacial score (nSPS) is 11.1. The first-order valence-electron chi connectivity index (χ1n) is 8.60. The Morgan fingerprint density at radius 2 is 1.79 bits per heavy atom. The van der Waals surface area contributed by atoms with Crippen molar-refractivity contribution in [3.05, 3.63) is 69.3 Å². The third-order valence-electron chi connectivity index (χ3n) is 4.08. The number of hydrogen-bond donors (Lipinski definition) is 1. The van der Waals surface area contributed by atoms with E-state index in [0.717, 1.165) is 12.1 Å². The number of nitrogens with one attached hydrogen (secondary N) is 1. The summed E-state index contributed by atoms with van der Waals surface area (Å²) in [5.41, 5.74) is 2.34. The number of carbonyl (C=O) groups is 1. The van der Waals surface area contributed by atoms with E-state index in [2.05, 4.69) is 10.4 Å². The third-order valence-corrected chi connectivity index (χ3v) is 5.15. The molecule has 3 aromatic rings. The third kappa shape index (κ3) is 4.67. The van der Waals surface area contributed by atoms with Crippen LogP contribution in [0.1, 0.15) is 10.5 Å². The largest absolute Gasteiger partial charge is 0.349 e. The SMILES string of the molecule is CN(C)CCNC(=O)c1cc(-c2ccccc2Cl)nn1-c1ccc(Cl)c(Cl)c1. The lowest BCUT2D eigenvalue weighted by Crippen LogP contribution is -2.32. The maximum absolute atomic E-state index is 12.8. The summed E-state index contributed by atoms with van der Waals surface area (Å²) in [5, 5.41) is 8.89. The average molecular weight is 438 g/mol. The zero-order valence-corrected chi connectivity index (χ0v) is 17.7. The zero-order valence-electron chi connectivity index (χ0n) is 15.4. The van der Waals surface area contributed by atoms with Gasteiger partial charge >= 0.3 is 0 Å². The number of benzene rings is 2. The van der Waals surface area contributed by atoms with Gasteiger partial charge in [0.1, 0.15) is 5.69 Å². The van der Waals surface area contributed by atoms with E-state index in [-0.39, 0.29) is 5.91 Å². The Morgan fingerprint density at radius 3 is 2.46 bits per heavy atom. The predicted molar refractivity (Wildman–Crippen MR) is 115 cm³/mol. The van der Waals surface area contributed by atoms with Gasteiger partial charge in [-0.15, -0.1) is 0 Å². The summed E-state index contributed by atoms with van der Waals surface area (Å²) < 4.78 is 1.55. The van der Waals surface area contributed by atoms with Gasteiger partial charge in [-0.05, 0) is 44.4 Å². The van der Waals surface area contributed by atoms with E-state index in [1.807, 2.05) is 37.2 Å². The molecule has 0 spiro atoms. The molecule has 28 heavy (non-hydrogen) atoms. The van der Waals surface area contributed by atoms with Crippen molar-refractivity contribution >= 4 is 40.7 Å². The van der Waals surface area contributed by atoms with Crippen LogP contribution in [0.5, 0.6) is 0 Å². The Balaban J connectivity index is 2.04. The fourth-order valence-electron chi connectivity index (χ4n) is 2.64. The molecule has 0 aliphatic rings. The van der Waals surface area contributed by atoms with Crippen molar-refractivity contribution in [2.45, 2.75) is 0 Å². The lowest BCUT2D eigenvalue weighted by molar-refractivity contribution is 0.0943. The molecule has 146 valence electrons. The minimum absolute atomic E-state index is 0.237. The second-order valence-electron chi connectivity index (χ2n) is 6.46. The molecule has 0 fully saturated rings. The Bertz CT molecular complexity index is 1000. The van der Waals surface area contributed by atoms with Gasteiger partial charge in [-0.2, -0.15) is 5.10 Å². The molecule has 1 N–H and O–H groups in total. The highest BCUT2D eigenvalue weighted by Crippen LogP contribution is 2.30. The van der Waals surface area contributed by atoms with Gasteiger partial charge in [-0.25, -0.2) is 4.68 Å². The van der Waals surface area contributed by atoms with Crippen LogP contribution in [0, 0.1) is 0 Å². The molecular weight excluding hydrogens is 419 g/mol. The molecule has 0 radical (unpaired) electrons. The van der Waals surface area contributed by atoms with Gasteiger partial charge in [0.25, 0.3) is 5.91 Å². The van der Waals surface area contributed by atoms with Crippen molar-refractivity contribution in [2.75, 3.05) is 27.2 Å². The van der Waals surface area contributed by atoms with E-state index in [9.17, 15) is 4.79 Å². The topological polar surface area (TPSA) is 50.2 Å². The molecular formula is C20H19Cl3N4O. The molecule has 8 heteroatoms. The van der Waals surface area contributed by atoms with Gasteiger partial charge in [0.2, 0.25) is 0 Å². The average Bonchev–Trinajstić information content (AvgIpc) is 3.09. The molecule has 0 saturated heterocycles. The second-order valence-corrected chi connectivity index (χ2v) is 7.69. The van der Waals surface area contributed by atoms with Crippen molar-refractivity contribution in [1.29, 1.82) is 0 Å². The smallest absolute Gasteiger partial charge is 0.270 e. The molecule has 0 unspecified atom stereocenters. The van der Waals surface area contributed by atoms with E-state index in [1.54, 1.807) is 35.0 Å². The van der Waals surface area contributed by atoms with Crippen LogP contribution in [-0.2, 0) is 0 Å². The van der Waals surface area contributed by atoms with E-state index in [4.69, 9.17) is 34.8 Å². The fraction of sp³-hybridized carbons (Fsp3) is 0.200. The summed E-state index contributed by atoms with van der Waals surface area (Å²) in [6.45, 7) is 1.24. The lowest BCUT2D eigenvalue weighted by Gasteiger charge is -2.11. The number of carbonyl (C=O) groups excluding carboxylic acids is 1. The summed E-state index contributed by atoms with van der Waals surface area (Å²) >= 11 is 18.5. The van der Waals surface area contributed by atoms with Crippen molar-refractivity contribution in [3.8, 4) is 16.9 Å². The number of rotatable bonds is 6. The Morgan fingerprint density at radius 1 is 1.04 bits per heavy atom. The highest BCUT2D eigenvalue weighted by molar-refractivity contribution is 6.42. The van der Waals surface area contributed by atoms with Crippen molar-refractivity contribution in [3.63, 3.8) is 0 Å². The molecule has 3 rings (SSSR count). The number of likely N-dealkylation sites (N-methyl/N-ethyl adjacent to an activating group) is 1. The van der Waals surface area contributed by atoms with Gasteiger partial charge in [0.15, 0.2) is 0 Å². The van der Waals surface area contributed by atoms with E-state index in [1.165, 1.54) is 0 Å². The summed E-state index contributed by atoms with van der Waals surface area (Å²) in [6.07, 6.45) is 0. The molecule has 2 aromatic carbocycles. The Kier molecular flexibility index (Phi) is 6.62. The van der Waals surface area contributed by atoms with Crippen LogP contribution in [0.2, 0.25) is 15.1 Å². The highest BCUT2D eigenvalue weighted by atomic mass is 35.5. The van der Waals surface area contributed by atoms with Crippen LogP contribution in [0.3, 0.4) is 0 Å². The summed E-state index contributed by atoms with van der Waals surface area (Å²) in [4.78, 5) is 14.8. The lowest BCUT2D eigenvalue weighted by atomic mass is 10.1. The number of aromatic nitrogens is 2. The quantitative estimate of drug-likeness (QED) is 0.603.